The van der Waals surface area contributed by atoms with Gasteiger partial charge in [0.25, 0.3) is 0 Å². The van der Waals surface area contributed by atoms with Crippen LogP contribution in [0, 0.1) is 5.92 Å². The molecule has 35 heavy (non-hydrogen) atoms. The van der Waals surface area contributed by atoms with Gasteiger partial charge < -0.3 is 26.8 Å². The second-order valence-electron chi connectivity index (χ2n) is 7.66. The third-order valence-corrected chi connectivity index (χ3v) is 4.84. The van der Waals surface area contributed by atoms with Crippen molar-refractivity contribution in [2.45, 2.75) is 119 Å². The summed E-state index contributed by atoms with van der Waals surface area (Å²) in [4.78, 5) is 35.1. The molecule has 1 unspecified atom stereocenters. The first kappa shape index (κ1) is 40.7. The number of ketones is 1. The van der Waals surface area contributed by atoms with E-state index >= 15 is 0 Å². The van der Waals surface area contributed by atoms with Crippen LogP contribution in [-0.4, -0.2) is 61.5 Å². The summed E-state index contributed by atoms with van der Waals surface area (Å²) in [6, 6.07) is -0.553. The van der Waals surface area contributed by atoms with Crippen LogP contribution in [0.1, 0.15) is 113 Å². The second kappa shape index (κ2) is 34.7. The lowest BCUT2D eigenvalue weighted by molar-refractivity contribution is -0.130. The molecular formula is C27H60N4O4. The molecule has 0 radical (unpaired) electrons. The van der Waals surface area contributed by atoms with Gasteiger partial charge >= 0.3 is 0 Å². The number of aliphatic hydroxyl groups is 1. The van der Waals surface area contributed by atoms with Gasteiger partial charge in [0.15, 0.2) is 5.78 Å². The summed E-state index contributed by atoms with van der Waals surface area (Å²) in [7, 11) is 0. The third kappa shape index (κ3) is 28.6. The number of carbonyl (C=O) groups is 3. The molecule has 0 spiro atoms. The summed E-state index contributed by atoms with van der Waals surface area (Å²) >= 11 is 0. The Labute approximate surface area is 217 Å². The van der Waals surface area contributed by atoms with Crippen molar-refractivity contribution in [2.75, 3.05) is 32.8 Å². The SMILES string of the molecule is CC.CC.CCC(=O)C(CCN)NC(=O)CNC(=O)[C@H]1CCNC1.CCCCCCCC.CCO. The molecular weight excluding hydrogens is 444 g/mol. The van der Waals surface area contributed by atoms with Crippen LogP contribution >= 0.6 is 0 Å². The monoisotopic (exact) mass is 504 g/mol. The number of hydrogen-bond donors (Lipinski definition) is 5. The molecule has 0 aromatic carbocycles. The van der Waals surface area contributed by atoms with Crippen LogP contribution in [0.4, 0.5) is 0 Å². The van der Waals surface area contributed by atoms with Gasteiger partial charge in [-0.15, -0.1) is 0 Å². The molecule has 0 saturated carbocycles. The number of hydrogen-bond acceptors (Lipinski definition) is 6. The standard InChI is InChI=1S/C13H24N4O3.C8H18.C2H6O.2C2H6/c1-2-11(18)10(3-5-14)17-12(19)8-16-13(20)9-4-6-15-7-9;1-3-5-7-8-6-4-2;1-2-3;2*1-2/h9-10,15H,2-8,14H2,1H3,(H,16,20)(H,17,19);3-8H2,1-2H3;3H,2H2,1H3;2*1-2H3/t9-,10?;;;;/m0..../s1. The molecule has 0 aromatic rings. The van der Waals surface area contributed by atoms with Gasteiger partial charge in [0.1, 0.15) is 0 Å². The largest absolute Gasteiger partial charge is 0.397 e. The van der Waals surface area contributed by atoms with E-state index in [1.54, 1.807) is 13.8 Å². The second-order valence-corrected chi connectivity index (χ2v) is 7.66. The molecule has 2 amide bonds. The molecule has 1 fully saturated rings. The maximum Gasteiger partial charge on any atom is 0.239 e. The van der Waals surface area contributed by atoms with Crippen LogP contribution in [0.2, 0.25) is 0 Å². The summed E-state index contributed by atoms with van der Waals surface area (Å²) in [6.45, 7) is 17.9. The molecule has 0 aliphatic carbocycles. The molecule has 1 aliphatic heterocycles. The zero-order valence-electron chi connectivity index (χ0n) is 24.3. The summed E-state index contributed by atoms with van der Waals surface area (Å²) in [6.07, 6.45) is 10.0. The average molecular weight is 505 g/mol. The van der Waals surface area contributed by atoms with Gasteiger partial charge in [0.2, 0.25) is 11.8 Å². The number of rotatable bonds is 13. The molecule has 2 atom stereocenters. The van der Waals surface area contributed by atoms with Gasteiger partial charge in [0, 0.05) is 19.6 Å². The van der Waals surface area contributed by atoms with E-state index in [1.807, 2.05) is 27.7 Å². The van der Waals surface area contributed by atoms with Gasteiger partial charge in [0.05, 0.1) is 18.5 Å². The normalized spacial score (nSPS) is 14.2. The number of unbranched alkanes of at least 4 members (excludes halogenated alkanes) is 5. The Morgan fingerprint density at radius 3 is 1.86 bits per heavy atom. The summed E-state index contributed by atoms with van der Waals surface area (Å²) < 4.78 is 0. The summed E-state index contributed by atoms with van der Waals surface area (Å²) in [5, 5.41) is 15.9. The number of nitrogens with two attached hydrogens (primary N) is 1. The minimum atomic E-state index is -0.553. The highest BCUT2D eigenvalue weighted by atomic mass is 16.2. The smallest absolute Gasteiger partial charge is 0.239 e. The zero-order valence-corrected chi connectivity index (χ0v) is 24.3. The van der Waals surface area contributed by atoms with Crippen LogP contribution in [0.15, 0.2) is 0 Å². The highest BCUT2D eigenvalue weighted by molar-refractivity contribution is 5.91. The summed E-state index contributed by atoms with van der Waals surface area (Å²) in [5.74, 6) is -0.595. The molecule has 8 heteroatoms. The summed E-state index contributed by atoms with van der Waals surface area (Å²) in [5.41, 5.74) is 5.42. The van der Waals surface area contributed by atoms with Crippen molar-refractivity contribution >= 4 is 17.6 Å². The predicted octanol–water partition coefficient (Wildman–Crippen LogP) is 3.94. The molecule has 1 rings (SSSR count). The van der Waals surface area contributed by atoms with Crippen molar-refractivity contribution in [3.63, 3.8) is 0 Å². The maximum absolute atomic E-state index is 11.7. The zero-order chi connectivity index (χ0) is 27.9. The van der Waals surface area contributed by atoms with Crippen molar-refractivity contribution in [2.24, 2.45) is 11.7 Å². The van der Waals surface area contributed by atoms with E-state index < -0.39 is 6.04 Å². The topological polar surface area (TPSA) is 134 Å². The van der Waals surface area contributed by atoms with E-state index in [9.17, 15) is 14.4 Å². The Morgan fingerprint density at radius 2 is 1.49 bits per heavy atom. The quantitative estimate of drug-likeness (QED) is 0.241. The lowest BCUT2D eigenvalue weighted by Crippen LogP contribution is -2.47. The van der Waals surface area contributed by atoms with Crippen LogP contribution in [0.5, 0.6) is 0 Å². The van der Waals surface area contributed by atoms with E-state index in [2.05, 4.69) is 29.8 Å². The Bertz CT molecular complexity index is 450. The molecule has 212 valence electrons. The Hall–Kier alpha value is -1.51. The highest BCUT2D eigenvalue weighted by Crippen LogP contribution is 2.06. The van der Waals surface area contributed by atoms with E-state index in [1.165, 1.54) is 38.5 Å². The first-order chi connectivity index (χ1) is 16.9. The lowest BCUT2D eigenvalue weighted by atomic mass is 10.1. The van der Waals surface area contributed by atoms with Crippen molar-refractivity contribution in [1.29, 1.82) is 0 Å². The first-order valence-electron chi connectivity index (χ1n) is 14.0. The number of nitrogens with one attached hydrogen (secondary N) is 3. The lowest BCUT2D eigenvalue weighted by Gasteiger charge is -2.17. The van der Waals surface area contributed by atoms with E-state index in [-0.39, 0.29) is 36.7 Å². The van der Waals surface area contributed by atoms with E-state index in [0.29, 0.717) is 25.9 Å². The Balaban J connectivity index is -0.000000266. The van der Waals surface area contributed by atoms with Gasteiger partial charge in [-0.3, -0.25) is 14.4 Å². The van der Waals surface area contributed by atoms with Gasteiger partial charge in [-0.05, 0) is 32.9 Å². The van der Waals surface area contributed by atoms with Crippen molar-refractivity contribution in [3.8, 4) is 0 Å². The van der Waals surface area contributed by atoms with E-state index in [4.69, 9.17) is 10.8 Å². The fraction of sp³-hybridized carbons (Fsp3) is 0.889. The third-order valence-electron chi connectivity index (χ3n) is 4.84. The highest BCUT2D eigenvalue weighted by Gasteiger charge is 2.23. The number of aliphatic hydroxyl groups excluding tert-OH is 1. The Kier molecular flexibility index (Phi) is 40.3. The number of Topliss-reactive ketones (excluding diaryl/α,β-unsaturated/α-hetero) is 1. The first-order valence-corrected chi connectivity index (χ1v) is 14.0. The molecule has 0 aromatic heterocycles. The number of amides is 2. The van der Waals surface area contributed by atoms with Crippen LogP contribution in [-0.2, 0) is 14.4 Å². The van der Waals surface area contributed by atoms with Crippen molar-refractivity contribution < 1.29 is 19.5 Å². The molecule has 0 bridgehead atoms. The molecule has 8 nitrogen and oxygen atoms in total. The van der Waals surface area contributed by atoms with Gasteiger partial charge in [-0.25, -0.2) is 0 Å². The molecule has 1 saturated heterocycles. The fourth-order valence-corrected chi connectivity index (χ4v) is 3.02. The van der Waals surface area contributed by atoms with Gasteiger partial charge in [-0.1, -0.05) is 87.0 Å². The molecule has 1 aliphatic rings. The van der Waals surface area contributed by atoms with Crippen molar-refractivity contribution in [1.82, 2.24) is 16.0 Å². The van der Waals surface area contributed by atoms with Gasteiger partial charge in [-0.2, -0.15) is 0 Å². The molecule has 1 heterocycles. The van der Waals surface area contributed by atoms with Crippen LogP contribution in [0.25, 0.3) is 0 Å². The predicted molar refractivity (Wildman–Crippen MR) is 149 cm³/mol. The minimum Gasteiger partial charge on any atom is -0.397 e. The average Bonchev–Trinajstić information content (AvgIpc) is 3.43. The fourth-order valence-electron chi connectivity index (χ4n) is 3.02. The van der Waals surface area contributed by atoms with E-state index in [0.717, 1.165) is 13.0 Å². The minimum absolute atomic E-state index is 0.0462. The van der Waals surface area contributed by atoms with Crippen LogP contribution < -0.4 is 21.7 Å². The number of carbonyl (C=O) groups excluding carboxylic acids is 3. The van der Waals surface area contributed by atoms with Crippen LogP contribution in [0.3, 0.4) is 0 Å². The maximum atomic E-state index is 11.7. The Morgan fingerprint density at radius 1 is 0.971 bits per heavy atom. The van der Waals surface area contributed by atoms with Crippen molar-refractivity contribution in [3.05, 3.63) is 0 Å². The molecule has 6 N–H and O–H groups in total.